The van der Waals surface area contributed by atoms with Crippen molar-refractivity contribution >= 4 is 85.0 Å². The van der Waals surface area contributed by atoms with Gasteiger partial charge in [-0.15, -0.1) is 22.7 Å². The second-order valence-electron chi connectivity index (χ2n) is 9.83. The minimum Gasteiger partial charge on any atom is -0.278 e. The van der Waals surface area contributed by atoms with E-state index < -0.39 is 0 Å². The summed E-state index contributed by atoms with van der Waals surface area (Å²) < 4.78 is 6.10. The van der Waals surface area contributed by atoms with Gasteiger partial charge in [0.15, 0.2) is 0 Å². The molecule has 9 aromatic rings. The second kappa shape index (κ2) is 7.96. The van der Waals surface area contributed by atoms with Gasteiger partial charge in [-0.1, -0.05) is 84.9 Å². The Morgan fingerprint density at radius 2 is 1.18 bits per heavy atom. The Morgan fingerprint density at radius 1 is 0.487 bits per heavy atom. The molecule has 0 aliphatic rings. The summed E-state index contributed by atoms with van der Waals surface area (Å²) >= 11 is 3.59. The van der Waals surface area contributed by atoms with E-state index in [1.807, 2.05) is 11.3 Å². The standard InChI is InChI=1S/C34H19N3S2/c1-2-10-20(11-3-1)32-31-23-14-6-9-17-29(23)39-33(31)36-34(35-32)37-26-15-7-4-12-21(26)24-19-30-25(18-27(24)37)22-13-5-8-16-28(22)38-30/h1-19H. The van der Waals surface area contributed by atoms with Gasteiger partial charge in [-0.05, 0) is 30.3 Å². The highest BCUT2D eigenvalue weighted by Gasteiger charge is 2.20. The van der Waals surface area contributed by atoms with Crippen LogP contribution in [0.3, 0.4) is 0 Å². The van der Waals surface area contributed by atoms with Gasteiger partial charge < -0.3 is 0 Å². The van der Waals surface area contributed by atoms with Gasteiger partial charge in [-0.3, -0.25) is 4.57 Å². The largest absolute Gasteiger partial charge is 0.278 e. The van der Waals surface area contributed by atoms with E-state index in [4.69, 9.17) is 9.97 Å². The first-order chi connectivity index (χ1) is 19.3. The molecule has 0 saturated heterocycles. The summed E-state index contributed by atoms with van der Waals surface area (Å²) in [5, 5.41) is 7.34. The fourth-order valence-electron chi connectivity index (χ4n) is 5.92. The van der Waals surface area contributed by atoms with Crippen molar-refractivity contribution in [2.45, 2.75) is 0 Å². The predicted molar refractivity (Wildman–Crippen MR) is 168 cm³/mol. The van der Waals surface area contributed by atoms with Gasteiger partial charge >= 0.3 is 0 Å². The van der Waals surface area contributed by atoms with Crippen molar-refractivity contribution in [1.82, 2.24) is 14.5 Å². The van der Waals surface area contributed by atoms with Crippen LogP contribution in [-0.2, 0) is 0 Å². The molecule has 9 rings (SSSR count). The maximum atomic E-state index is 5.33. The number of fused-ring (bicyclic) bond motifs is 9. The van der Waals surface area contributed by atoms with Crippen LogP contribution in [0.2, 0.25) is 0 Å². The summed E-state index contributed by atoms with van der Waals surface area (Å²) in [5.41, 5.74) is 4.32. The van der Waals surface area contributed by atoms with Gasteiger partial charge in [-0.25, -0.2) is 9.97 Å². The summed E-state index contributed by atoms with van der Waals surface area (Å²) in [6.45, 7) is 0. The van der Waals surface area contributed by atoms with Crippen molar-refractivity contribution in [3.63, 3.8) is 0 Å². The third-order valence-corrected chi connectivity index (χ3v) is 9.84. The summed E-state index contributed by atoms with van der Waals surface area (Å²) in [4.78, 5) is 11.6. The normalized spacial score (nSPS) is 12.1. The smallest absolute Gasteiger partial charge is 0.236 e. The van der Waals surface area contributed by atoms with E-state index in [0.29, 0.717) is 5.95 Å². The quantitative estimate of drug-likeness (QED) is 0.221. The molecule has 0 aliphatic heterocycles. The van der Waals surface area contributed by atoms with Gasteiger partial charge in [0.1, 0.15) is 4.83 Å². The van der Waals surface area contributed by atoms with E-state index >= 15 is 0 Å². The molecule has 0 aliphatic carbocycles. The average Bonchev–Trinajstić information content (AvgIpc) is 3.65. The van der Waals surface area contributed by atoms with Crippen molar-refractivity contribution in [2.24, 2.45) is 0 Å². The zero-order valence-electron chi connectivity index (χ0n) is 20.6. The van der Waals surface area contributed by atoms with Crippen molar-refractivity contribution in [3.05, 3.63) is 115 Å². The zero-order chi connectivity index (χ0) is 25.5. The van der Waals surface area contributed by atoms with Crippen LogP contribution in [0.25, 0.3) is 79.5 Å². The van der Waals surface area contributed by atoms with Crippen LogP contribution >= 0.6 is 22.7 Å². The molecule has 0 atom stereocenters. The molecule has 0 radical (unpaired) electrons. The van der Waals surface area contributed by atoms with Crippen molar-refractivity contribution < 1.29 is 0 Å². The molecule has 0 bridgehead atoms. The number of aromatic nitrogens is 3. The van der Waals surface area contributed by atoms with Crippen LogP contribution in [0.1, 0.15) is 0 Å². The molecule has 5 heteroatoms. The number of rotatable bonds is 2. The van der Waals surface area contributed by atoms with Gasteiger partial charge in [0.2, 0.25) is 5.95 Å². The van der Waals surface area contributed by atoms with Crippen LogP contribution in [0.15, 0.2) is 115 Å². The maximum absolute atomic E-state index is 5.33. The summed E-state index contributed by atoms with van der Waals surface area (Å²) in [6.07, 6.45) is 0. The van der Waals surface area contributed by atoms with Gasteiger partial charge in [-0.2, -0.15) is 0 Å². The Hall–Kier alpha value is -4.58. The molecular formula is C34H19N3S2. The van der Waals surface area contributed by atoms with Crippen LogP contribution in [0.5, 0.6) is 0 Å². The molecule has 39 heavy (non-hydrogen) atoms. The summed E-state index contributed by atoms with van der Waals surface area (Å²) in [7, 11) is 0. The summed E-state index contributed by atoms with van der Waals surface area (Å²) in [6, 6.07) is 41.0. The Labute approximate surface area is 231 Å². The topological polar surface area (TPSA) is 30.7 Å². The second-order valence-corrected chi connectivity index (χ2v) is 11.9. The van der Waals surface area contributed by atoms with Crippen molar-refractivity contribution in [1.29, 1.82) is 0 Å². The molecule has 0 amide bonds. The van der Waals surface area contributed by atoms with Gasteiger partial charge in [0.05, 0.1) is 16.7 Å². The SMILES string of the molecule is c1ccc(-c2nc(-n3c4ccccc4c4cc5sc6ccccc6c5cc43)nc3sc4ccccc4c23)cc1. The molecular weight excluding hydrogens is 515 g/mol. The maximum Gasteiger partial charge on any atom is 0.236 e. The fourth-order valence-corrected chi connectivity index (χ4v) is 8.12. The van der Waals surface area contributed by atoms with E-state index in [-0.39, 0.29) is 0 Å². The first-order valence-corrected chi connectivity index (χ1v) is 14.6. The Kier molecular flexibility index (Phi) is 4.36. The summed E-state index contributed by atoms with van der Waals surface area (Å²) in [5.74, 6) is 0.706. The Bertz CT molecular complexity index is 2390. The minimum absolute atomic E-state index is 0.706. The van der Waals surface area contributed by atoms with E-state index in [9.17, 15) is 0 Å². The highest BCUT2D eigenvalue weighted by atomic mass is 32.1. The molecule has 182 valence electrons. The monoisotopic (exact) mass is 533 g/mol. The Balaban J connectivity index is 1.45. The number of thiophene rings is 2. The van der Waals surface area contributed by atoms with Crippen molar-refractivity contribution in [3.8, 4) is 17.2 Å². The highest BCUT2D eigenvalue weighted by molar-refractivity contribution is 7.26. The van der Waals surface area contributed by atoms with Crippen LogP contribution in [0.4, 0.5) is 0 Å². The molecule has 4 heterocycles. The number of para-hydroxylation sites is 1. The predicted octanol–water partition coefficient (Wildman–Crippen LogP) is 9.98. The highest BCUT2D eigenvalue weighted by Crippen LogP contribution is 2.42. The number of benzene rings is 5. The van der Waals surface area contributed by atoms with Crippen LogP contribution in [-0.4, -0.2) is 14.5 Å². The molecule has 0 fully saturated rings. The van der Waals surface area contributed by atoms with Crippen LogP contribution in [0, 0.1) is 0 Å². The minimum atomic E-state index is 0.706. The van der Waals surface area contributed by atoms with Crippen molar-refractivity contribution in [2.75, 3.05) is 0 Å². The Morgan fingerprint density at radius 3 is 2.03 bits per heavy atom. The lowest BCUT2D eigenvalue weighted by molar-refractivity contribution is 1.02. The van der Waals surface area contributed by atoms with E-state index in [2.05, 4.69) is 120 Å². The lowest BCUT2D eigenvalue weighted by atomic mass is 10.1. The van der Waals surface area contributed by atoms with E-state index in [1.54, 1.807) is 11.3 Å². The van der Waals surface area contributed by atoms with E-state index in [0.717, 1.165) is 32.5 Å². The molecule has 0 N–H and O–H groups in total. The number of hydrogen-bond donors (Lipinski definition) is 0. The van der Waals surface area contributed by atoms with E-state index in [1.165, 1.54) is 41.0 Å². The molecule has 0 unspecified atom stereocenters. The lowest BCUT2D eigenvalue weighted by Gasteiger charge is -2.10. The average molecular weight is 534 g/mol. The zero-order valence-corrected chi connectivity index (χ0v) is 22.3. The lowest BCUT2D eigenvalue weighted by Crippen LogP contribution is -2.02. The first kappa shape index (κ1) is 21.4. The number of nitrogens with zero attached hydrogens (tertiary/aromatic N) is 3. The van der Waals surface area contributed by atoms with Gasteiger partial charge in [0, 0.05) is 52.0 Å². The molecule has 4 aromatic heterocycles. The first-order valence-electron chi connectivity index (χ1n) is 12.9. The third-order valence-electron chi connectivity index (χ3n) is 7.65. The molecule has 3 nitrogen and oxygen atoms in total. The van der Waals surface area contributed by atoms with Gasteiger partial charge in [0.25, 0.3) is 0 Å². The van der Waals surface area contributed by atoms with Crippen LogP contribution < -0.4 is 0 Å². The molecule has 0 spiro atoms. The molecule has 5 aromatic carbocycles. The third kappa shape index (κ3) is 3.03. The fraction of sp³-hybridized carbons (Fsp3) is 0. The molecule has 0 saturated carbocycles. The number of hydrogen-bond acceptors (Lipinski definition) is 4.